The number of rotatable bonds is 7. The molecule has 3 rings (SSSR count). The van der Waals surface area contributed by atoms with Crippen LogP contribution < -0.4 is 15.4 Å². The summed E-state index contributed by atoms with van der Waals surface area (Å²) in [6.07, 6.45) is 1.64. The molecule has 1 amide bonds. The largest absolute Gasteiger partial charge is 0.496 e. The van der Waals surface area contributed by atoms with Crippen LogP contribution in [0, 0.1) is 6.92 Å². The Morgan fingerprint density at radius 1 is 1.04 bits per heavy atom. The molecule has 0 aliphatic carbocycles. The molecule has 0 spiro atoms. The van der Waals surface area contributed by atoms with Gasteiger partial charge in [0, 0.05) is 30.5 Å². The van der Waals surface area contributed by atoms with Gasteiger partial charge in [-0.15, -0.1) is 0 Å². The number of nitrogens with one attached hydrogen (secondary N) is 2. The number of carbonyl (C=O) groups is 1. The van der Waals surface area contributed by atoms with Gasteiger partial charge in [0.2, 0.25) is 0 Å². The van der Waals surface area contributed by atoms with Gasteiger partial charge in [-0.1, -0.05) is 48.0 Å². The predicted octanol–water partition coefficient (Wildman–Crippen LogP) is 3.94. The summed E-state index contributed by atoms with van der Waals surface area (Å²) in [6, 6.07) is 19.5. The lowest BCUT2D eigenvalue weighted by Gasteiger charge is -2.11. The zero-order valence-corrected chi connectivity index (χ0v) is 15.5. The zero-order chi connectivity index (χ0) is 19.1. The molecular formula is C22H23N3O2. The molecule has 0 bridgehead atoms. The van der Waals surface area contributed by atoms with Gasteiger partial charge >= 0.3 is 0 Å². The second kappa shape index (κ2) is 8.85. The van der Waals surface area contributed by atoms with Crippen molar-refractivity contribution in [2.45, 2.75) is 20.0 Å². The van der Waals surface area contributed by atoms with Gasteiger partial charge in [0.05, 0.1) is 7.11 Å². The van der Waals surface area contributed by atoms with Crippen molar-refractivity contribution in [3.05, 3.63) is 89.2 Å². The quantitative estimate of drug-likeness (QED) is 0.669. The van der Waals surface area contributed by atoms with Gasteiger partial charge in [-0.2, -0.15) is 0 Å². The number of benzene rings is 2. The molecule has 5 nitrogen and oxygen atoms in total. The molecule has 1 aromatic heterocycles. The minimum atomic E-state index is -0.222. The normalized spacial score (nSPS) is 10.3. The lowest BCUT2D eigenvalue weighted by molar-refractivity contribution is 0.0945. The Bertz CT molecular complexity index is 925. The zero-order valence-electron chi connectivity index (χ0n) is 15.5. The lowest BCUT2D eigenvalue weighted by Crippen LogP contribution is -2.24. The van der Waals surface area contributed by atoms with Gasteiger partial charge in [0.25, 0.3) is 5.91 Å². The highest BCUT2D eigenvalue weighted by atomic mass is 16.5. The van der Waals surface area contributed by atoms with E-state index < -0.39 is 0 Å². The van der Waals surface area contributed by atoms with E-state index in [9.17, 15) is 4.79 Å². The summed E-state index contributed by atoms with van der Waals surface area (Å²) in [5, 5.41) is 6.22. The number of anilines is 1. The van der Waals surface area contributed by atoms with Crippen molar-refractivity contribution < 1.29 is 9.53 Å². The highest BCUT2D eigenvalue weighted by molar-refractivity contribution is 5.93. The summed E-state index contributed by atoms with van der Waals surface area (Å²) in [5.74, 6) is 0.527. The highest BCUT2D eigenvalue weighted by Gasteiger charge is 2.09. The average molecular weight is 361 g/mol. The molecule has 0 aliphatic rings. The molecule has 5 heteroatoms. The SMILES string of the molecule is COc1ccccc1CNC(=O)c1cc(NCc2cccc(C)c2)ccn1. The number of amides is 1. The average Bonchev–Trinajstić information content (AvgIpc) is 2.71. The topological polar surface area (TPSA) is 63.2 Å². The first-order valence-corrected chi connectivity index (χ1v) is 8.81. The Kier molecular flexibility index (Phi) is 6.05. The van der Waals surface area contributed by atoms with Crippen molar-refractivity contribution in [1.29, 1.82) is 0 Å². The number of pyridine rings is 1. The fraction of sp³-hybridized carbons (Fsp3) is 0.182. The first kappa shape index (κ1) is 18.5. The number of para-hydroxylation sites is 1. The minimum absolute atomic E-state index is 0.222. The van der Waals surface area contributed by atoms with Gasteiger partial charge in [0.1, 0.15) is 11.4 Å². The van der Waals surface area contributed by atoms with Crippen LogP contribution in [0.1, 0.15) is 27.2 Å². The maximum absolute atomic E-state index is 12.4. The number of methoxy groups -OCH3 is 1. The molecule has 27 heavy (non-hydrogen) atoms. The summed E-state index contributed by atoms with van der Waals surface area (Å²) in [5.41, 5.74) is 4.56. The third kappa shape index (κ3) is 5.07. The fourth-order valence-electron chi connectivity index (χ4n) is 2.81. The minimum Gasteiger partial charge on any atom is -0.496 e. The molecule has 0 aliphatic heterocycles. The predicted molar refractivity (Wildman–Crippen MR) is 107 cm³/mol. The van der Waals surface area contributed by atoms with E-state index in [2.05, 4.69) is 40.7 Å². The first-order valence-electron chi connectivity index (χ1n) is 8.81. The second-order valence-corrected chi connectivity index (χ2v) is 6.27. The second-order valence-electron chi connectivity index (χ2n) is 6.27. The molecule has 2 N–H and O–H groups in total. The van der Waals surface area contributed by atoms with E-state index in [4.69, 9.17) is 4.74 Å². The molecule has 1 heterocycles. The van der Waals surface area contributed by atoms with Gasteiger partial charge < -0.3 is 15.4 Å². The maximum atomic E-state index is 12.4. The summed E-state index contributed by atoms with van der Waals surface area (Å²) < 4.78 is 5.31. The van der Waals surface area contributed by atoms with Crippen molar-refractivity contribution in [1.82, 2.24) is 10.3 Å². The smallest absolute Gasteiger partial charge is 0.270 e. The third-order valence-corrected chi connectivity index (χ3v) is 4.20. The Balaban J connectivity index is 1.61. The van der Waals surface area contributed by atoms with Gasteiger partial charge in [-0.3, -0.25) is 9.78 Å². The number of nitrogens with zero attached hydrogens (tertiary/aromatic N) is 1. The molecule has 138 valence electrons. The first-order chi connectivity index (χ1) is 13.2. The van der Waals surface area contributed by atoms with E-state index in [0.717, 1.165) is 17.0 Å². The van der Waals surface area contributed by atoms with Crippen molar-refractivity contribution in [2.75, 3.05) is 12.4 Å². The van der Waals surface area contributed by atoms with Crippen LogP contribution in [-0.2, 0) is 13.1 Å². The van der Waals surface area contributed by atoms with Crippen LogP contribution >= 0.6 is 0 Å². The Labute approximate surface area is 159 Å². The van der Waals surface area contributed by atoms with Gasteiger partial charge in [-0.05, 0) is 30.7 Å². The third-order valence-electron chi connectivity index (χ3n) is 4.20. The fourth-order valence-corrected chi connectivity index (χ4v) is 2.81. The number of aromatic nitrogens is 1. The monoisotopic (exact) mass is 361 g/mol. The molecule has 0 fully saturated rings. The van der Waals surface area contributed by atoms with Crippen LogP contribution in [-0.4, -0.2) is 18.0 Å². The van der Waals surface area contributed by atoms with Crippen LogP contribution in [0.25, 0.3) is 0 Å². The molecule has 0 atom stereocenters. The van der Waals surface area contributed by atoms with Crippen LogP contribution in [0.15, 0.2) is 66.9 Å². The Morgan fingerprint density at radius 3 is 2.70 bits per heavy atom. The summed E-state index contributed by atoms with van der Waals surface area (Å²) in [4.78, 5) is 16.6. The van der Waals surface area contributed by atoms with Crippen molar-refractivity contribution >= 4 is 11.6 Å². The molecule has 0 saturated heterocycles. The van der Waals surface area contributed by atoms with Crippen LogP contribution in [0.5, 0.6) is 5.75 Å². The number of aryl methyl sites for hydroxylation is 1. The van der Waals surface area contributed by atoms with E-state index >= 15 is 0 Å². The van der Waals surface area contributed by atoms with E-state index in [0.29, 0.717) is 18.8 Å². The number of hydrogen-bond acceptors (Lipinski definition) is 4. The van der Waals surface area contributed by atoms with E-state index in [1.807, 2.05) is 36.4 Å². The Morgan fingerprint density at radius 2 is 1.89 bits per heavy atom. The molecule has 0 saturated carbocycles. The van der Waals surface area contributed by atoms with Crippen molar-refractivity contribution in [3.8, 4) is 5.75 Å². The maximum Gasteiger partial charge on any atom is 0.270 e. The van der Waals surface area contributed by atoms with Crippen molar-refractivity contribution in [2.24, 2.45) is 0 Å². The number of carbonyl (C=O) groups excluding carboxylic acids is 1. The van der Waals surface area contributed by atoms with Crippen LogP contribution in [0.4, 0.5) is 5.69 Å². The highest BCUT2D eigenvalue weighted by Crippen LogP contribution is 2.17. The molecular weight excluding hydrogens is 338 g/mol. The molecule has 0 radical (unpaired) electrons. The Hall–Kier alpha value is -3.34. The lowest BCUT2D eigenvalue weighted by atomic mass is 10.1. The summed E-state index contributed by atoms with van der Waals surface area (Å²) in [6.45, 7) is 3.14. The van der Waals surface area contributed by atoms with Gasteiger partial charge in [0.15, 0.2) is 0 Å². The van der Waals surface area contributed by atoms with E-state index in [1.165, 1.54) is 11.1 Å². The molecule has 2 aromatic carbocycles. The van der Waals surface area contributed by atoms with Gasteiger partial charge in [-0.25, -0.2) is 0 Å². The van der Waals surface area contributed by atoms with Crippen molar-refractivity contribution in [3.63, 3.8) is 0 Å². The number of ether oxygens (including phenoxy) is 1. The van der Waals surface area contributed by atoms with Crippen LogP contribution in [0.3, 0.4) is 0 Å². The van der Waals surface area contributed by atoms with E-state index in [1.54, 1.807) is 19.4 Å². The van der Waals surface area contributed by atoms with E-state index in [-0.39, 0.29) is 5.91 Å². The number of hydrogen-bond donors (Lipinski definition) is 2. The standard InChI is InChI=1S/C22H23N3O2/c1-16-6-5-7-17(12-16)14-24-19-10-11-23-20(13-19)22(26)25-15-18-8-3-4-9-21(18)27-2/h3-13H,14-15H2,1-2H3,(H,23,24)(H,25,26). The molecule has 3 aromatic rings. The summed E-state index contributed by atoms with van der Waals surface area (Å²) in [7, 11) is 1.62. The summed E-state index contributed by atoms with van der Waals surface area (Å²) >= 11 is 0. The van der Waals surface area contributed by atoms with Crippen LogP contribution in [0.2, 0.25) is 0 Å². The molecule has 0 unspecified atom stereocenters.